The number of unbranched alkanes of at least 4 members (excludes halogenated alkanes) is 25. The summed E-state index contributed by atoms with van der Waals surface area (Å²) < 4.78 is 50.5. The Morgan fingerprint density at radius 1 is 0.596 bits per heavy atom. The van der Waals surface area contributed by atoms with Crippen LogP contribution in [-0.2, 0) is 51.4 Å². The fourth-order valence-electron chi connectivity index (χ4n) is 11.3. The third kappa shape index (κ3) is 27.8. The molecular formula is C73H103N4O11P. The Morgan fingerprint density at radius 3 is 1.56 bits per heavy atom. The highest BCUT2D eigenvalue weighted by molar-refractivity contribution is 7.47. The summed E-state index contributed by atoms with van der Waals surface area (Å²) in [7, 11) is -4.85. The third-order valence-corrected chi connectivity index (χ3v) is 17.3. The number of phosphoric ester groups is 1. The highest BCUT2D eigenvalue weighted by Crippen LogP contribution is 2.44. The first-order valence-electron chi connectivity index (χ1n) is 33.7. The lowest BCUT2D eigenvalue weighted by Crippen LogP contribution is -2.46. The van der Waals surface area contributed by atoms with Gasteiger partial charge in [0.15, 0.2) is 12.2 Å². The summed E-state index contributed by atoms with van der Waals surface area (Å²) in [6, 6.07) is 38.2. The molecule has 0 saturated carbocycles. The topological polar surface area (TPSA) is 191 Å². The van der Waals surface area contributed by atoms with E-state index >= 15 is 0 Å². The Balaban J connectivity index is 1.11. The Bertz CT molecular complexity index is 2900. The summed E-state index contributed by atoms with van der Waals surface area (Å²) >= 11 is 0. The second kappa shape index (κ2) is 42.7. The van der Waals surface area contributed by atoms with E-state index in [-0.39, 0.29) is 39.1 Å². The van der Waals surface area contributed by atoms with E-state index in [4.69, 9.17) is 27.7 Å². The van der Waals surface area contributed by atoms with Crippen LogP contribution in [0.4, 0.5) is 0 Å². The van der Waals surface area contributed by atoms with E-state index in [2.05, 4.69) is 41.6 Å². The largest absolute Gasteiger partial charge is 0.487 e. The first-order valence-corrected chi connectivity index (χ1v) is 35.2. The summed E-state index contributed by atoms with van der Waals surface area (Å²) in [4.78, 5) is 51.1. The lowest BCUT2D eigenvalue weighted by molar-refractivity contribution is -0.172. The van der Waals surface area contributed by atoms with Crippen LogP contribution in [0.3, 0.4) is 0 Å². The summed E-state index contributed by atoms with van der Waals surface area (Å²) in [5, 5.41) is 13.0. The second-order valence-electron chi connectivity index (χ2n) is 23.6. The third-order valence-electron chi connectivity index (χ3n) is 16.3. The molecular weight excluding hydrogens is 1140 g/mol. The van der Waals surface area contributed by atoms with E-state index in [9.17, 15) is 23.8 Å². The molecule has 0 radical (unpaired) electrons. The zero-order valence-corrected chi connectivity index (χ0v) is 54.4. The zero-order valence-electron chi connectivity index (χ0n) is 53.5. The number of carbonyl (C=O) groups excluding carboxylic acids is 2. The number of hydrogen-bond donors (Lipinski definition) is 2. The van der Waals surface area contributed by atoms with E-state index in [1.807, 2.05) is 91.0 Å². The maximum Gasteiger partial charge on any atom is 0.472 e. The summed E-state index contributed by atoms with van der Waals surface area (Å²) in [6.45, 7) is 3.59. The molecule has 16 heteroatoms. The van der Waals surface area contributed by atoms with Gasteiger partial charge < -0.3 is 23.5 Å². The second-order valence-corrected chi connectivity index (χ2v) is 25.1. The van der Waals surface area contributed by atoms with E-state index in [0.29, 0.717) is 29.9 Å². The van der Waals surface area contributed by atoms with Crippen molar-refractivity contribution >= 4 is 30.7 Å². The maximum atomic E-state index is 14.0. The molecule has 2 N–H and O–H groups in total. The number of phosphoric acid groups is 1. The van der Waals surface area contributed by atoms with Gasteiger partial charge in [-0.25, -0.2) is 14.0 Å². The first-order chi connectivity index (χ1) is 43.6. The minimum Gasteiger partial charge on any atom is -0.487 e. The van der Waals surface area contributed by atoms with E-state index in [1.54, 1.807) is 30.5 Å². The van der Waals surface area contributed by atoms with Crippen molar-refractivity contribution in [3.8, 4) is 5.75 Å². The molecule has 6 rings (SSSR count). The lowest BCUT2D eigenvalue weighted by Gasteiger charge is -2.37. The van der Waals surface area contributed by atoms with Gasteiger partial charge in [-0.3, -0.25) is 24.0 Å². The molecule has 0 fully saturated rings. The van der Waals surface area contributed by atoms with Gasteiger partial charge in [0.2, 0.25) is 0 Å². The van der Waals surface area contributed by atoms with Crippen LogP contribution in [0.2, 0.25) is 0 Å². The Labute approximate surface area is 530 Å². The van der Waals surface area contributed by atoms with Crippen LogP contribution in [0.15, 0.2) is 149 Å². The molecule has 0 bridgehead atoms. The predicted molar refractivity (Wildman–Crippen MR) is 355 cm³/mol. The number of benzene rings is 4. The van der Waals surface area contributed by atoms with Gasteiger partial charge in [-0.2, -0.15) is 0 Å². The fraction of sp³-hybridized carbons (Fsp3) is 0.548. The Hall–Kier alpha value is -6.22. The Kier molecular flexibility index (Phi) is 34.5. The van der Waals surface area contributed by atoms with Crippen LogP contribution in [0.1, 0.15) is 229 Å². The van der Waals surface area contributed by atoms with Gasteiger partial charge in [-0.1, -0.05) is 263 Å². The number of aromatic nitrogens is 3. The molecule has 0 aliphatic heterocycles. The van der Waals surface area contributed by atoms with Crippen LogP contribution in [0.5, 0.6) is 5.75 Å². The fourth-order valence-corrected chi connectivity index (χ4v) is 12.1. The molecule has 0 aliphatic carbocycles. The van der Waals surface area contributed by atoms with Crippen molar-refractivity contribution < 1.29 is 46.7 Å². The van der Waals surface area contributed by atoms with Gasteiger partial charge in [-0.05, 0) is 73.4 Å². The lowest BCUT2D eigenvalue weighted by atomic mass is 9.77. The van der Waals surface area contributed by atoms with Gasteiger partial charge in [-0.15, -0.1) is 5.10 Å². The van der Waals surface area contributed by atoms with Crippen LogP contribution >= 0.6 is 7.82 Å². The average Bonchev–Trinajstić information content (AvgIpc) is 1.19. The van der Waals surface area contributed by atoms with Gasteiger partial charge >= 0.3 is 25.4 Å². The Morgan fingerprint density at radius 2 is 1.06 bits per heavy atom. The van der Waals surface area contributed by atoms with Crippen LogP contribution in [0, 0.1) is 0 Å². The molecule has 3 atom stereocenters. The molecule has 15 nitrogen and oxygen atoms in total. The summed E-state index contributed by atoms with van der Waals surface area (Å²) in [5.74, 6) is -0.630. The zero-order chi connectivity index (χ0) is 62.9. The first kappa shape index (κ1) is 71.9. The summed E-state index contributed by atoms with van der Waals surface area (Å²) in [6.07, 6.45) is 36.1. The van der Waals surface area contributed by atoms with Crippen molar-refractivity contribution in [1.29, 1.82) is 0 Å². The quantitative estimate of drug-likeness (QED) is 0.00916. The SMILES string of the molecule is CCCCCCCC/C=C\CCCCCCCC(=O)O[C@@H](COP(=O)(O)OCCNC(c1ccccc1)(c1ccccc1)c1ccccc1)[C@H](Cn1cc(COc2ccc3ccc(=O)oc3c2)nn1)OC(=O)CCCCCCCCCCCCCCCCC. The number of allylic oxidation sites excluding steroid dienone is 2. The van der Waals surface area contributed by atoms with Crippen molar-refractivity contribution in [2.45, 2.75) is 237 Å². The van der Waals surface area contributed by atoms with E-state index < -0.39 is 49.7 Å². The van der Waals surface area contributed by atoms with Crippen molar-refractivity contribution in [3.63, 3.8) is 0 Å². The monoisotopic (exact) mass is 1240 g/mol. The highest BCUT2D eigenvalue weighted by Gasteiger charge is 2.37. The van der Waals surface area contributed by atoms with Crippen LogP contribution < -0.4 is 15.7 Å². The van der Waals surface area contributed by atoms with Gasteiger partial charge in [0.25, 0.3) is 0 Å². The standard InChI is InChI=1S/C73H103N4O11P/c1-3-5-7-9-11-13-15-17-19-21-23-25-27-29-40-48-70(78)87-68(58-77-57-65(75-76-77)59-83-66-52-50-61-51-53-72(80)86-67(61)56-66)69(88-71(79)49-41-30-28-26-24-22-20-18-16-14-12-10-8-6-4-2)60-85-89(81,82)84-55-54-74-73(62-42-34-31-35-43-62,63-44-36-32-37-45-63)64-46-38-33-39-47-64/h18,20,31-39,42-47,50-53,56-57,68-69,74H,3-17,19,21-30,40-41,48-49,54-55,58-60H2,1-2H3,(H,81,82)/b20-18-/t68-,69-/m0/s1. The number of nitrogens with zero attached hydrogens (tertiary/aromatic N) is 3. The number of nitrogens with one attached hydrogen (secondary N) is 1. The number of carbonyl (C=O) groups is 2. The number of ether oxygens (including phenoxy) is 3. The molecule has 4 aromatic carbocycles. The normalized spacial score (nSPS) is 13.2. The summed E-state index contributed by atoms with van der Waals surface area (Å²) in [5.41, 5.74) is 2.34. The van der Waals surface area contributed by atoms with E-state index in [1.165, 1.54) is 120 Å². The average molecular weight is 1240 g/mol. The molecule has 89 heavy (non-hydrogen) atoms. The molecule has 1 unspecified atom stereocenters. The van der Waals surface area contributed by atoms with Crippen molar-refractivity contribution in [3.05, 3.63) is 172 Å². The molecule has 0 aliphatic rings. The number of rotatable bonds is 50. The molecule has 0 saturated heterocycles. The minimum absolute atomic E-state index is 0.00719. The van der Waals surface area contributed by atoms with Crippen LogP contribution in [-0.4, -0.2) is 63.8 Å². The number of fused-ring (bicyclic) bond motifs is 1. The molecule has 0 amide bonds. The molecule has 0 spiro atoms. The molecule has 2 heterocycles. The smallest absolute Gasteiger partial charge is 0.472 e. The predicted octanol–water partition coefficient (Wildman–Crippen LogP) is 17.8. The van der Waals surface area contributed by atoms with Crippen molar-refractivity contribution in [1.82, 2.24) is 20.3 Å². The van der Waals surface area contributed by atoms with Gasteiger partial charge in [0, 0.05) is 36.9 Å². The van der Waals surface area contributed by atoms with E-state index in [0.717, 1.165) is 79.9 Å². The van der Waals surface area contributed by atoms with Crippen LogP contribution in [0.25, 0.3) is 11.0 Å². The minimum atomic E-state index is -4.85. The molecule has 6 aromatic rings. The van der Waals surface area contributed by atoms with Crippen molar-refractivity contribution in [2.75, 3.05) is 19.8 Å². The van der Waals surface area contributed by atoms with Gasteiger partial charge in [0.05, 0.1) is 31.5 Å². The molecule has 2 aromatic heterocycles. The number of esters is 2. The maximum absolute atomic E-state index is 14.0. The highest BCUT2D eigenvalue weighted by atomic mass is 31.2. The van der Waals surface area contributed by atoms with Crippen molar-refractivity contribution in [2.24, 2.45) is 0 Å². The number of hydrogen-bond acceptors (Lipinski definition) is 13. The van der Waals surface area contributed by atoms with Gasteiger partial charge in [0.1, 0.15) is 23.6 Å². The molecule has 486 valence electrons.